The summed E-state index contributed by atoms with van der Waals surface area (Å²) in [5.74, 6) is 0. The van der Waals surface area contributed by atoms with Gasteiger partial charge in [0.15, 0.2) is 0 Å². The lowest BCUT2D eigenvalue weighted by Gasteiger charge is -2.14. The average molecular weight is 344 g/mol. The summed E-state index contributed by atoms with van der Waals surface area (Å²) in [6.45, 7) is 8.52. The predicted molar refractivity (Wildman–Crippen MR) is 107 cm³/mol. The van der Waals surface area contributed by atoms with Crippen LogP contribution in [-0.4, -0.2) is 38.1 Å². The highest BCUT2D eigenvalue weighted by Crippen LogP contribution is 2.14. The average Bonchev–Trinajstić information content (AvgIpc) is 2.56. The van der Waals surface area contributed by atoms with Crippen LogP contribution in [-0.2, 0) is 9.53 Å². The molecule has 0 saturated carbocycles. The fourth-order valence-electron chi connectivity index (χ4n) is 2.63. The maximum atomic E-state index is 10.4. The first kappa shape index (κ1) is 25.7. The number of carbonyl (C=O) groups excluding carboxylic acids is 1. The van der Waals surface area contributed by atoms with Crippen LogP contribution in [0.3, 0.4) is 0 Å². The molecule has 0 heterocycles. The first-order chi connectivity index (χ1) is 11.6. The summed E-state index contributed by atoms with van der Waals surface area (Å²) in [4.78, 5) is 12.6. The zero-order valence-corrected chi connectivity index (χ0v) is 17.3. The molecule has 0 saturated heterocycles. The maximum Gasteiger partial charge on any atom is 0.293 e. The topological polar surface area (TPSA) is 29.5 Å². The Kier molecular flexibility index (Phi) is 24.0. The van der Waals surface area contributed by atoms with E-state index in [-0.39, 0.29) is 6.10 Å². The summed E-state index contributed by atoms with van der Waals surface area (Å²) in [5.41, 5.74) is 0. The molecule has 0 N–H and O–H groups in total. The molecule has 3 nitrogen and oxygen atoms in total. The van der Waals surface area contributed by atoms with E-state index in [0.717, 1.165) is 12.8 Å². The van der Waals surface area contributed by atoms with E-state index in [9.17, 15) is 4.79 Å². The van der Waals surface area contributed by atoms with E-state index in [0.29, 0.717) is 6.47 Å². The van der Waals surface area contributed by atoms with Gasteiger partial charge < -0.3 is 9.64 Å². The van der Waals surface area contributed by atoms with Crippen molar-refractivity contribution >= 4 is 6.47 Å². The van der Waals surface area contributed by atoms with Crippen molar-refractivity contribution < 1.29 is 9.53 Å². The van der Waals surface area contributed by atoms with Crippen LogP contribution in [0.1, 0.15) is 104 Å². The van der Waals surface area contributed by atoms with Crippen LogP contribution in [0, 0.1) is 0 Å². The van der Waals surface area contributed by atoms with Crippen LogP contribution < -0.4 is 0 Å². The minimum absolute atomic E-state index is 0.172. The van der Waals surface area contributed by atoms with Crippen LogP contribution in [0.5, 0.6) is 0 Å². The second-order valence-corrected chi connectivity index (χ2v) is 7.06. The Labute approximate surface area is 152 Å². The summed E-state index contributed by atoms with van der Waals surface area (Å²) in [7, 11) is 4.24. The van der Waals surface area contributed by atoms with Crippen molar-refractivity contribution in [3.8, 4) is 0 Å². The molecule has 0 aromatic heterocycles. The van der Waals surface area contributed by atoms with Crippen LogP contribution in [0.4, 0.5) is 0 Å². The Morgan fingerprint density at radius 1 is 0.750 bits per heavy atom. The third-order valence-electron chi connectivity index (χ3n) is 4.22. The van der Waals surface area contributed by atoms with E-state index in [4.69, 9.17) is 4.74 Å². The molecule has 146 valence electrons. The first-order valence-electron chi connectivity index (χ1n) is 10.4. The third kappa shape index (κ3) is 23.7. The molecule has 3 heteroatoms. The van der Waals surface area contributed by atoms with Crippen molar-refractivity contribution in [1.29, 1.82) is 0 Å². The number of hydrogen-bond acceptors (Lipinski definition) is 3. The Bertz CT molecular complexity index is 220. The minimum atomic E-state index is 0.172. The van der Waals surface area contributed by atoms with Crippen LogP contribution in [0.25, 0.3) is 0 Å². The Hall–Kier alpha value is -0.570. The molecule has 0 amide bonds. The SMILES string of the molecule is CCCCCCC(CCCCCC)OC=O.CCCCCN(C)C. The van der Waals surface area contributed by atoms with Crippen molar-refractivity contribution in [2.24, 2.45) is 0 Å². The van der Waals surface area contributed by atoms with E-state index in [1.165, 1.54) is 77.2 Å². The third-order valence-corrected chi connectivity index (χ3v) is 4.22. The fourth-order valence-corrected chi connectivity index (χ4v) is 2.63. The molecule has 0 fully saturated rings. The lowest BCUT2D eigenvalue weighted by atomic mass is 10.0. The Morgan fingerprint density at radius 3 is 1.58 bits per heavy atom. The molecule has 0 atom stereocenters. The standard InChI is InChI=1S/C14H28O2.C7H17N/c1-3-5-7-9-11-14(16-13-15)12-10-8-6-4-2;1-4-5-6-7-8(2)3/h13-14H,3-12H2,1-2H3;4-7H2,1-3H3. The molecule has 0 aliphatic rings. The highest BCUT2D eigenvalue weighted by molar-refractivity contribution is 5.37. The smallest absolute Gasteiger partial charge is 0.293 e. The number of ether oxygens (including phenoxy) is 1. The summed E-state index contributed by atoms with van der Waals surface area (Å²) in [6.07, 6.45) is 16.4. The van der Waals surface area contributed by atoms with Crippen LogP contribution in [0.2, 0.25) is 0 Å². The van der Waals surface area contributed by atoms with E-state index < -0.39 is 0 Å². The Morgan fingerprint density at radius 2 is 1.21 bits per heavy atom. The summed E-state index contributed by atoms with van der Waals surface area (Å²) >= 11 is 0. The fraction of sp³-hybridized carbons (Fsp3) is 0.952. The van der Waals surface area contributed by atoms with Crippen molar-refractivity contribution in [2.45, 2.75) is 110 Å². The molecule has 0 bridgehead atoms. The first-order valence-corrected chi connectivity index (χ1v) is 10.4. The second-order valence-electron chi connectivity index (χ2n) is 7.06. The van der Waals surface area contributed by atoms with Crippen molar-refractivity contribution in [3.63, 3.8) is 0 Å². The van der Waals surface area contributed by atoms with Gasteiger partial charge in [0, 0.05) is 0 Å². The molecule has 0 aromatic rings. The lowest BCUT2D eigenvalue weighted by molar-refractivity contribution is -0.134. The summed E-state index contributed by atoms with van der Waals surface area (Å²) in [6, 6.07) is 0. The molecule has 24 heavy (non-hydrogen) atoms. The van der Waals surface area contributed by atoms with Gasteiger partial charge in [0.25, 0.3) is 6.47 Å². The molecular weight excluding hydrogens is 298 g/mol. The molecule has 0 aliphatic carbocycles. The zero-order valence-electron chi connectivity index (χ0n) is 17.3. The molecule has 0 rings (SSSR count). The van der Waals surface area contributed by atoms with Gasteiger partial charge in [0.2, 0.25) is 0 Å². The summed E-state index contributed by atoms with van der Waals surface area (Å²) in [5, 5.41) is 0. The number of rotatable bonds is 16. The minimum Gasteiger partial charge on any atom is -0.465 e. The van der Waals surface area contributed by atoms with Crippen molar-refractivity contribution in [3.05, 3.63) is 0 Å². The lowest BCUT2D eigenvalue weighted by Crippen LogP contribution is -2.12. The summed E-state index contributed by atoms with van der Waals surface area (Å²) < 4.78 is 5.12. The molecule has 0 radical (unpaired) electrons. The van der Waals surface area contributed by atoms with Gasteiger partial charge in [-0.2, -0.15) is 0 Å². The maximum absolute atomic E-state index is 10.4. The van der Waals surface area contributed by atoms with Gasteiger partial charge in [0.1, 0.15) is 6.10 Å². The monoisotopic (exact) mass is 343 g/mol. The normalized spacial score (nSPS) is 10.6. The number of nitrogens with zero attached hydrogens (tertiary/aromatic N) is 1. The van der Waals surface area contributed by atoms with Gasteiger partial charge in [-0.15, -0.1) is 0 Å². The van der Waals surface area contributed by atoms with Crippen molar-refractivity contribution in [1.82, 2.24) is 4.90 Å². The van der Waals surface area contributed by atoms with Gasteiger partial charge in [-0.3, -0.25) is 4.79 Å². The number of hydrogen-bond donors (Lipinski definition) is 0. The Balaban J connectivity index is 0. The number of carbonyl (C=O) groups is 1. The quantitative estimate of drug-likeness (QED) is 0.246. The van der Waals surface area contributed by atoms with Gasteiger partial charge in [0.05, 0.1) is 0 Å². The van der Waals surface area contributed by atoms with E-state index in [1.54, 1.807) is 0 Å². The van der Waals surface area contributed by atoms with E-state index in [1.807, 2.05) is 0 Å². The van der Waals surface area contributed by atoms with Crippen LogP contribution >= 0.6 is 0 Å². The van der Waals surface area contributed by atoms with Crippen molar-refractivity contribution in [2.75, 3.05) is 20.6 Å². The van der Waals surface area contributed by atoms with Gasteiger partial charge in [-0.1, -0.05) is 72.1 Å². The molecule has 0 aromatic carbocycles. The van der Waals surface area contributed by atoms with E-state index in [2.05, 4.69) is 39.8 Å². The predicted octanol–water partition coefficient (Wildman–Crippen LogP) is 6.21. The zero-order chi connectivity index (χ0) is 18.5. The highest BCUT2D eigenvalue weighted by Gasteiger charge is 2.08. The van der Waals surface area contributed by atoms with Gasteiger partial charge >= 0.3 is 0 Å². The molecular formula is C21H45NO2. The van der Waals surface area contributed by atoms with Gasteiger partial charge in [-0.05, 0) is 52.7 Å². The molecule has 0 aliphatic heterocycles. The second kappa shape index (κ2) is 22.4. The molecule has 0 unspecified atom stereocenters. The van der Waals surface area contributed by atoms with E-state index >= 15 is 0 Å². The molecule has 0 spiro atoms. The number of unbranched alkanes of at least 4 members (excludes halogenated alkanes) is 8. The van der Waals surface area contributed by atoms with Crippen LogP contribution in [0.15, 0.2) is 0 Å². The largest absolute Gasteiger partial charge is 0.465 e. The highest BCUT2D eigenvalue weighted by atomic mass is 16.5. The van der Waals surface area contributed by atoms with Gasteiger partial charge in [-0.25, -0.2) is 0 Å².